The molecule has 0 rings (SSSR count). The van der Waals surface area contributed by atoms with E-state index in [0.717, 1.165) is 0 Å². The lowest BCUT2D eigenvalue weighted by molar-refractivity contribution is -0.129. The maximum atomic E-state index is 11.6. The first-order valence-electron chi connectivity index (χ1n) is 4.54. The lowest BCUT2D eigenvalue weighted by atomic mass is 10.00. The predicted octanol–water partition coefficient (Wildman–Crippen LogP) is -1.16. The van der Waals surface area contributed by atoms with E-state index in [4.69, 9.17) is 10.2 Å². The quantitative estimate of drug-likeness (QED) is 0.455. The summed E-state index contributed by atoms with van der Waals surface area (Å²) in [6, 6.07) is 0. The van der Waals surface area contributed by atoms with E-state index in [1.165, 1.54) is 0 Å². The SMILES string of the molecule is CNC(C)(C)C(=O)NC(C)(CO)CO. The van der Waals surface area contributed by atoms with Gasteiger partial charge >= 0.3 is 0 Å². The van der Waals surface area contributed by atoms with Crippen molar-refractivity contribution in [3.63, 3.8) is 0 Å². The van der Waals surface area contributed by atoms with Gasteiger partial charge in [0, 0.05) is 0 Å². The molecule has 0 bridgehead atoms. The second-order valence-corrected chi connectivity index (χ2v) is 4.21. The van der Waals surface area contributed by atoms with Crippen molar-refractivity contribution >= 4 is 5.91 Å². The monoisotopic (exact) mass is 204 g/mol. The van der Waals surface area contributed by atoms with Crippen LogP contribution >= 0.6 is 0 Å². The molecule has 0 atom stereocenters. The summed E-state index contributed by atoms with van der Waals surface area (Å²) in [6.45, 7) is 4.43. The maximum absolute atomic E-state index is 11.6. The fraction of sp³-hybridized carbons (Fsp3) is 0.889. The molecule has 0 heterocycles. The molecule has 0 fully saturated rings. The van der Waals surface area contributed by atoms with Gasteiger partial charge in [0.1, 0.15) is 0 Å². The summed E-state index contributed by atoms with van der Waals surface area (Å²) < 4.78 is 0. The molecule has 0 aromatic rings. The van der Waals surface area contributed by atoms with Gasteiger partial charge in [0.25, 0.3) is 0 Å². The zero-order valence-corrected chi connectivity index (χ0v) is 9.22. The second-order valence-electron chi connectivity index (χ2n) is 4.21. The highest BCUT2D eigenvalue weighted by Crippen LogP contribution is 2.06. The van der Waals surface area contributed by atoms with Crippen LogP contribution in [-0.2, 0) is 4.79 Å². The summed E-state index contributed by atoms with van der Waals surface area (Å²) >= 11 is 0. The van der Waals surface area contributed by atoms with E-state index in [-0.39, 0.29) is 19.1 Å². The van der Waals surface area contributed by atoms with Crippen LogP contribution in [0.2, 0.25) is 0 Å². The fourth-order valence-electron chi connectivity index (χ4n) is 0.673. The summed E-state index contributed by atoms with van der Waals surface area (Å²) in [4.78, 5) is 11.6. The number of aliphatic hydroxyl groups is 2. The minimum Gasteiger partial charge on any atom is -0.394 e. The molecule has 0 radical (unpaired) electrons. The zero-order valence-electron chi connectivity index (χ0n) is 9.22. The number of carbonyl (C=O) groups is 1. The summed E-state index contributed by atoms with van der Waals surface area (Å²) in [5, 5.41) is 23.4. The van der Waals surface area contributed by atoms with Crippen LogP contribution in [0.25, 0.3) is 0 Å². The van der Waals surface area contributed by atoms with E-state index < -0.39 is 11.1 Å². The standard InChI is InChI=1S/C9H20N2O3/c1-8(2,10-4)7(14)11-9(3,5-12)6-13/h10,12-13H,5-6H2,1-4H3,(H,11,14). The normalized spacial score (nSPS) is 12.7. The molecule has 0 spiro atoms. The predicted molar refractivity (Wildman–Crippen MR) is 53.9 cm³/mol. The Labute approximate surface area is 84.5 Å². The van der Waals surface area contributed by atoms with Gasteiger partial charge in [-0.05, 0) is 27.8 Å². The van der Waals surface area contributed by atoms with Crippen molar-refractivity contribution in [2.24, 2.45) is 0 Å². The number of nitrogens with one attached hydrogen (secondary N) is 2. The third-order valence-electron chi connectivity index (χ3n) is 2.31. The Morgan fingerprint density at radius 2 is 1.64 bits per heavy atom. The average molecular weight is 204 g/mol. The maximum Gasteiger partial charge on any atom is 0.240 e. The van der Waals surface area contributed by atoms with Crippen molar-refractivity contribution in [1.82, 2.24) is 10.6 Å². The zero-order chi connectivity index (χ0) is 11.4. The molecule has 0 aromatic heterocycles. The molecule has 0 saturated carbocycles. The van der Waals surface area contributed by atoms with Gasteiger partial charge in [-0.2, -0.15) is 0 Å². The van der Waals surface area contributed by atoms with Crippen LogP contribution in [-0.4, -0.2) is 47.5 Å². The first kappa shape index (κ1) is 13.4. The van der Waals surface area contributed by atoms with Gasteiger partial charge in [0.15, 0.2) is 0 Å². The van der Waals surface area contributed by atoms with E-state index in [1.54, 1.807) is 27.8 Å². The molecular weight excluding hydrogens is 184 g/mol. The van der Waals surface area contributed by atoms with Gasteiger partial charge in [0.2, 0.25) is 5.91 Å². The second kappa shape index (κ2) is 4.72. The van der Waals surface area contributed by atoms with E-state index in [1.807, 2.05) is 0 Å². The third-order valence-corrected chi connectivity index (χ3v) is 2.31. The Kier molecular flexibility index (Phi) is 4.51. The Morgan fingerprint density at radius 1 is 1.21 bits per heavy atom. The number of likely N-dealkylation sites (N-methyl/N-ethyl adjacent to an activating group) is 1. The molecular formula is C9H20N2O3. The van der Waals surface area contributed by atoms with Gasteiger partial charge in [-0.1, -0.05) is 0 Å². The van der Waals surface area contributed by atoms with Crippen molar-refractivity contribution in [3.05, 3.63) is 0 Å². The van der Waals surface area contributed by atoms with Crippen molar-refractivity contribution < 1.29 is 15.0 Å². The van der Waals surface area contributed by atoms with Gasteiger partial charge in [0.05, 0.1) is 24.3 Å². The van der Waals surface area contributed by atoms with E-state index >= 15 is 0 Å². The smallest absolute Gasteiger partial charge is 0.240 e. The number of aliphatic hydroxyl groups excluding tert-OH is 2. The van der Waals surface area contributed by atoms with Gasteiger partial charge in [-0.15, -0.1) is 0 Å². The summed E-state index contributed by atoms with van der Waals surface area (Å²) in [5.74, 6) is -0.259. The molecule has 0 aromatic carbocycles. The van der Waals surface area contributed by atoms with Crippen LogP contribution < -0.4 is 10.6 Å². The molecule has 5 heteroatoms. The van der Waals surface area contributed by atoms with E-state index in [9.17, 15) is 4.79 Å². The summed E-state index contributed by atoms with van der Waals surface area (Å²) in [7, 11) is 1.68. The third kappa shape index (κ3) is 3.25. The molecule has 0 aliphatic rings. The lowest BCUT2D eigenvalue weighted by Crippen LogP contribution is -2.60. The highest BCUT2D eigenvalue weighted by Gasteiger charge is 2.32. The number of carbonyl (C=O) groups excluding carboxylic acids is 1. The molecule has 0 unspecified atom stereocenters. The molecule has 4 N–H and O–H groups in total. The van der Waals surface area contributed by atoms with Crippen LogP contribution in [0.5, 0.6) is 0 Å². The highest BCUT2D eigenvalue weighted by atomic mass is 16.3. The Bertz CT molecular complexity index is 200. The molecule has 14 heavy (non-hydrogen) atoms. The first-order chi connectivity index (χ1) is 6.31. The van der Waals surface area contributed by atoms with Gasteiger partial charge in [-0.3, -0.25) is 4.79 Å². The molecule has 0 aliphatic heterocycles. The van der Waals surface area contributed by atoms with Crippen molar-refractivity contribution in [2.75, 3.05) is 20.3 Å². The minimum absolute atomic E-state index is 0.259. The number of rotatable bonds is 5. The van der Waals surface area contributed by atoms with Crippen LogP contribution in [0.1, 0.15) is 20.8 Å². The minimum atomic E-state index is -0.967. The highest BCUT2D eigenvalue weighted by molar-refractivity contribution is 5.86. The van der Waals surface area contributed by atoms with Crippen LogP contribution in [0, 0.1) is 0 Å². The average Bonchev–Trinajstić information content (AvgIpc) is 2.17. The van der Waals surface area contributed by atoms with Crippen molar-refractivity contribution in [3.8, 4) is 0 Å². The number of amides is 1. The van der Waals surface area contributed by atoms with Crippen molar-refractivity contribution in [1.29, 1.82) is 0 Å². The van der Waals surface area contributed by atoms with Gasteiger partial charge in [-0.25, -0.2) is 0 Å². The van der Waals surface area contributed by atoms with E-state index in [2.05, 4.69) is 10.6 Å². The Balaban J connectivity index is 4.45. The van der Waals surface area contributed by atoms with Crippen LogP contribution in [0.4, 0.5) is 0 Å². The number of hydrogen-bond acceptors (Lipinski definition) is 4. The number of hydrogen-bond donors (Lipinski definition) is 4. The topological polar surface area (TPSA) is 81.6 Å². The van der Waals surface area contributed by atoms with Crippen molar-refractivity contribution in [2.45, 2.75) is 31.8 Å². The molecule has 1 amide bonds. The van der Waals surface area contributed by atoms with Gasteiger partial charge < -0.3 is 20.8 Å². The molecule has 0 saturated heterocycles. The Morgan fingerprint density at radius 3 is 1.93 bits per heavy atom. The summed E-state index contributed by atoms with van der Waals surface area (Å²) in [6.07, 6.45) is 0. The first-order valence-corrected chi connectivity index (χ1v) is 4.54. The van der Waals surface area contributed by atoms with Crippen LogP contribution in [0.15, 0.2) is 0 Å². The Hall–Kier alpha value is -0.650. The van der Waals surface area contributed by atoms with E-state index in [0.29, 0.717) is 0 Å². The fourth-order valence-corrected chi connectivity index (χ4v) is 0.673. The molecule has 5 nitrogen and oxygen atoms in total. The largest absolute Gasteiger partial charge is 0.394 e. The molecule has 84 valence electrons. The lowest BCUT2D eigenvalue weighted by Gasteiger charge is -2.31. The van der Waals surface area contributed by atoms with Crippen LogP contribution in [0.3, 0.4) is 0 Å². The molecule has 0 aliphatic carbocycles. The summed E-state index contributed by atoms with van der Waals surface area (Å²) in [5.41, 5.74) is -1.68.